The van der Waals surface area contributed by atoms with Gasteiger partial charge in [0.15, 0.2) is 5.17 Å². The highest BCUT2D eigenvalue weighted by Crippen LogP contribution is 2.32. The summed E-state index contributed by atoms with van der Waals surface area (Å²) >= 11 is 1.58. The Morgan fingerprint density at radius 2 is 2.20 bits per heavy atom. The first-order valence-corrected chi connectivity index (χ1v) is 9.03. The Morgan fingerprint density at radius 3 is 2.92 bits per heavy atom. The Balaban J connectivity index is 1.46. The summed E-state index contributed by atoms with van der Waals surface area (Å²) in [7, 11) is 0. The molecule has 0 spiro atoms. The number of hydrogen-bond donors (Lipinski definition) is 2. The molecule has 1 aromatic carbocycles. The smallest absolute Gasteiger partial charge is 0.264 e. The minimum atomic E-state index is -0.279. The van der Waals surface area contributed by atoms with E-state index in [2.05, 4.69) is 34.7 Å². The normalized spacial score (nSPS) is 22.3. The summed E-state index contributed by atoms with van der Waals surface area (Å²) in [4.78, 5) is 12.1. The molecule has 2 unspecified atom stereocenters. The summed E-state index contributed by atoms with van der Waals surface area (Å²) in [6, 6.07) is 11.7. The van der Waals surface area contributed by atoms with Gasteiger partial charge in [0, 0.05) is 12.2 Å². The molecule has 1 fully saturated rings. The Hall–Kier alpha value is -2.51. The van der Waals surface area contributed by atoms with E-state index in [4.69, 9.17) is 4.42 Å². The van der Waals surface area contributed by atoms with E-state index in [1.54, 1.807) is 18.0 Å². The molecule has 4 rings (SSSR count). The minimum Gasteiger partial charge on any atom is -0.468 e. The number of hydrazine groups is 1. The zero-order valence-electron chi connectivity index (χ0n) is 13.5. The lowest BCUT2D eigenvalue weighted by atomic mass is 10.1. The molecule has 1 saturated heterocycles. The third-order valence-electron chi connectivity index (χ3n) is 4.31. The lowest BCUT2D eigenvalue weighted by Gasteiger charge is -2.29. The lowest BCUT2D eigenvalue weighted by molar-refractivity contribution is -0.125. The number of benzene rings is 1. The monoisotopic (exact) mass is 354 g/mol. The summed E-state index contributed by atoms with van der Waals surface area (Å²) in [5, 5.41) is 6.83. The third-order valence-corrected chi connectivity index (χ3v) is 5.33. The molecule has 7 heteroatoms. The first-order chi connectivity index (χ1) is 12.2. The summed E-state index contributed by atoms with van der Waals surface area (Å²) < 4.78 is 5.47. The molecule has 6 nitrogen and oxygen atoms in total. The molecule has 25 heavy (non-hydrogen) atoms. The number of hydrogen-bond acceptors (Lipinski definition) is 6. The summed E-state index contributed by atoms with van der Waals surface area (Å²) in [6.45, 7) is 3.76. The fraction of sp³-hybridized carbons (Fsp3) is 0.222. The molecular formula is C18H18N4O2S. The van der Waals surface area contributed by atoms with E-state index >= 15 is 0 Å². The van der Waals surface area contributed by atoms with Crippen LogP contribution in [0.25, 0.3) is 6.08 Å². The number of thioether (sulfide) groups is 1. The number of rotatable bonds is 4. The number of amides is 1. The van der Waals surface area contributed by atoms with Gasteiger partial charge in [-0.15, -0.1) is 5.10 Å². The molecular weight excluding hydrogens is 336 g/mol. The van der Waals surface area contributed by atoms with Gasteiger partial charge < -0.3 is 4.42 Å². The molecule has 2 aliphatic rings. The highest BCUT2D eigenvalue weighted by atomic mass is 32.2. The van der Waals surface area contributed by atoms with Crippen LogP contribution < -0.4 is 10.9 Å². The van der Waals surface area contributed by atoms with E-state index in [0.717, 1.165) is 22.2 Å². The second-order valence-electron chi connectivity index (χ2n) is 5.92. The zero-order chi connectivity index (χ0) is 17.2. The number of carbonyl (C=O) groups excluding carboxylic acids is 1. The van der Waals surface area contributed by atoms with Gasteiger partial charge in [0.05, 0.1) is 12.3 Å². The Kier molecular flexibility index (Phi) is 4.33. The van der Waals surface area contributed by atoms with Gasteiger partial charge in [-0.05, 0) is 23.3 Å². The van der Waals surface area contributed by atoms with Crippen molar-refractivity contribution in [1.82, 2.24) is 15.9 Å². The number of fused-ring (bicyclic) bond motifs is 1. The standard InChI is InChI=1S/C18H18N4O2S/c1-2-12-5-7-13(8-6-12)11-25-18-20-19-17(23)15-10-14(21-22(15)18)16-4-3-9-24-16/h2-9,14-15,21H,1,10-11H2,(H,19,23). The Bertz CT molecular complexity index is 801. The van der Waals surface area contributed by atoms with Crippen molar-refractivity contribution < 1.29 is 9.21 Å². The highest BCUT2D eigenvalue weighted by Gasteiger charge is 2.42. The number of hydrazone groups is 1. The number of furan rings is 1. The van der Waals surface area contributed by atoms with E-state index in [9.17, 15) is 4.79 Å². The van der Waals surface area contributed by atoms with Crippen LogP contribution in [0, 0.1) is 0 Å². The number of carbonyl (C=O) groups is 1. The van der Waals surface area contributed by atoms with Crippen molar-refractivity contribution in [3.63, 3.8) is 0 Å². The maximum absolute atomic E-state index is 12.1. The molecule has 0 bridgehead atoms. The average molecular weight is 354 g/mol. The van der Waals surface area contributed by atoms with Crippen LogP contribution in [0.3, 0.4) is 0 Å². The first-order valence-electron chi connectivity index (χ1n) is 8.05. The average Bonchev–Trinajstić information content (AvgIpc) is 3.31. The van der Waals surface area contributed by atoms with Gasteiger partial charge in [-0.2, -0.15) is 0 Å². The number of nitrogens with zero attached hydrogens (tertiary/aromatic N) is 2. The molecule has 1 aromatic heterocycles. The molecule has 0 aliphatic carbocycles. The Morgan fingerprint density at radius 1 is 1.36 bits per heavy atom. The zero-order valence-corrected chi connectivity index (χ0v) is 14.3. The third kappa shape index (κ3) is 3.20. The van der Waals surface area contributed by atoms with E-state index in [-0.39, 0.29) is 18.0 Å². The van der Waals surface area contributed by atoms with Crippen LogP contribution in [0.4, 0.5) is 0 Å². The van der Waals surface area contributed by atoms with Gasteiger partial charge in [-0.25, -0.2) is 10.9 Å². The van der Waals surface area contributed by atoms with E-state index in [1.807, 2.05) is 35.4 Å². The van der Waals surface area contributed by atoms with E-state index in [1.165, 1.54) is 5.56 Å². The SMILES string of the molecule is C=Cc1ccc(CSC2=NNC(=O)C3CC(c4ccco4)NN23)cc1. The molecule has 1 amide bonds. The highest BCUT2D eigenvalue weighted by molar-refractivity contribution is 8.13. The van der Waals surface area contributed by atoms with Gasteiger partial charge >= 0.3 is 0 Å². The molecule has 128 valence electrons. The number of nitrogens with one attached hydrogen (secondary N) is 2. The summed E-state index contributed by atoms with van der Waals surface area (Å²) in [6.07, 6.45) is 4.11. The van der Waals surface area contributed by atoms with Crippen molar-refractivity contribution in [2.75, 3.05) is 0 Å². The van der Waals surface area contributed by atoms with Crippen LogP contribution in [0.2, 0.25) is 0 Å². The van der Waals surface area contributed by atoms with Gasteiger partial charge in [-0.3, -0.25) is 9.80 Å². The van der Waals surface area contributed by atoms with E-state index in [0.29, 0.717) is 6.42 Å². The van der Waals surface area contributed by atoms with Gasteiger partial charge in [0.25, 0.3) is 5.91 Å². The maximum Gasteiger partial charge on any atom is 0.264 e. The molecule has 2 atom stereocenters. The summed E-state index contributed by atoms with van der Waals surface area (Å²) in [5.41, 5.74) is 8.26. The van der Waals surface area contributed by atoms with Gasteiger partial charge in [0.1, 0.15) is 11.8 Å². The number of amidine groups is 1. The van der Waals surface area contributed by atoms with Crippen molar-refractivity contribution in [3.8, 4) is 0 Å². The van der Waals surface area contributed by atoms with Gasteiger partial charge in [-0.1, -0.05) is 48.7 Å². The van der Waals surface area contributed by atoms with Gasteiger partial charge in [0.2, 0.25) is 0 Å². The fourth-order valence-electron chi connectivity index (χ4n) is 2.95. The van der Waals surface area contributed by atoms with Crippen molar-refractivity contribution in [2.24, 2.45) is 5.10 Å². The Labute approximate surface area is 149 Å². The topological polar surface area (TPSA) is 69.9 Å². The van der Waals surface area contributed by atoms with Crippen LogP contribution >= 0.6 is 11.8 Å². The lowest BCUT2D eigenvalue weighted by Crippen LogP contribution is -2.52. The van der Waals surface area contributed by atoms with Crippen molar-refractivity contribution in [1.29, 1.82) is 0 Å². The second kappa shape index (κ2) is 6.78. The molecule has 2 N–H and O–H groups in total. The van der Waals surface area contributed by atoms with E-state index < -0.39 is 0 Å². The maximum atomic E-state index is 12.1. The van der Waals surface area contributed by atoms with Crippen LogP contribution in [0.1, 0.15) is 29.3 Å². The van der Waals surface area contributed by atoms with Crippen LogP contribution in [-0.4, -0.2) is 22.1 Å². The predicted octanol–water partition coefficient (Wildman–Crippen LogP) is 2.88. The molecule has 0 radical (unpaired) electrons. The van der Waals surface area contributed by atoms with Crippen molar-refractivity contribution >= 4 is 28.9 Å². The largest absolute Gasteiger partial charge is 0.468 e. The second-order valence-corrected chi connectivity index (χ2v) is 6.87. The van der Waals surface area contributed by atoms with Crippen LogP contribution in [0.15, 0.2) is 58.8 Å². The molecule has 3 heterocycles. The van der Waals surface area contributed by atoms with Crippen LogP contribution in [0.5, 0.6) is 0 Å². The first kappa shape index (κ1) is 16.0. The predicted molar refractivity (Wildman–Crippen MR) is 98.2 cm³/mol. The minimum absolute atomic E-state index is 0.0264. The molecule has 0 saturated carbocycles. The van der Waals surface area contributed by atoms with Crippen molar-refractivity contribution in [2.45, 2.75) is 24.3 Å². The summed E-state index contributed by atoms with van der Waals surface area (Å²) in [5.74, 6) is 1.50. The molecule has 2 aromatic rings. The fourth-order valence-corrected chi connectivity index (χ4v) is 3.87. The molecule has 2 aliphatic heterocycles. The quantitative estimate of drug-likeness (QED) is 0.883. The van der Waals surface area contributed by atoms with Crippen molar-refractivity contribution in [3.05, 3.63) is 66.1 Å². The van der Waals surface area contributed by atoms with Crippen LogP contribution in [-0.2, 0) is 10.5 Å².